The number of nitrogens with one attached hydrogen (secondary N) is 1. The summed E-state index contributed by atoms with van der Waals surface area (Å²) in [5, 5.41) is 8.48. The first-order valence-corrected chi connectivity index (χ1v) is 9.00. The second-order valence-electron chi connectivity index (χ2n) is 6.22. The van der Waals surface area contributed by atoms with Crippen molar-refractivity contribution in [2.24, 2.45) is 0 Å². The highest BCUT2D eigenvalue weighted by Gasteiger charge is 2.12. The minimum atomic E-state index is -0.122. The minimum Gasteiger partial charge on any atom is -0.357 e. The van der Waals surface area contributed by atoms with E-state index in [4.69, 9.17) is 0 Å². The van der Waals surface area contributed by atoms with E-state index in [0.717, 1.165) is 23.7 Å². The van der Waals surface area contributed by atoms with Crippen molar-refractivity contribution in [3.63, 3.8) is 0 Å². The summed E-state index contributed by atoms with van der Waals surface area (Å²) < 4.78 is 1.37. The number of anilines is 1. The molecular formula is C18H22N4OS. The third-order valence-electron chi connectivity index (χ3n) is 4.05. The third-order valence-corrected chi connectivity index (χ3v) is 4.89. The van der Waals surface area contributed by atoms with Crippen LogP contribution in [0.15, 0.2) is 29.1 Å². The average Bonchev–Trinajstić information content (AvgIpc) is 2.93. The minimum absolute atomic E-state index is 0.122. The fourth-order valence-corrected chi connectivity index (χ4v) is 3.70. The van der Waals surface area contributed by atoms with E-state index < -0.39 is 0 Å². The third kappa shape index (κ3) is 3.48. The summed E-state index contributed by atoms with van der Waals surface area (Å²) in [6.45, 7) is 8.36. The van der Waals surface area contributed by atoms with E-state index >= 15 is 0 Å². The highest BCUT2D eigenvalue weighted by atomic mass is 32.1. The number of fused-ring (bicyclic) bond motifs is 1. The lowest BCUT2D eigenvalue weighted by Crippen LogP contribution is -2.19. The number of aromatic nitrogens is 3. The zero-order valence-electron chi connectivity index (χ0n) is 14.5. The van der Waals surface area contributed by atoms with Crippen LogP contribution in [0.25, 0.3) is 4.96 Å². The maximum Gasteiger partial charge on any atom is 0.275 e. The predicted molar refractivity (Wildman–Crippen MR) is 99.2 cm³/mol. The smallest absolute Gasteiger partial charge is 0.275 e. The molecule has 0 amide bonds. The van der Waals surface area contributed by atoms with Gasteiger partial charge in [-0.3, -0.25) is 4.79 Å². The van der Waals surface area contributed by atoms with Gasteiger partial charge < -0.3 is 5.32 Å². The van der Waals surface area contributed by atoms with Gasteiger partial charge in [0.05, 0.1) is 0 Å². The van der Waals surface area contributed by atoms with Gasteiger partial charge in [-0.25, -0.2) is 4.98 Å². The molecule has 2 heterocycles. The monoisotopic (exact) mass is 342 g/mol. The molecule has 3 aromatic rings. The molecule has 0 bridgehead atoms. The molecule has 0 saturated heterocycles. The molecule has 5 nitrogen and oxygen atoms in total. The molecule has 0 aliphatic carbocycles. The predicted octanol–water partition coefficient (Wildman–Crippen LogP) is 3.37. The van der Waals surface area contributed by atoms with Crippen LogP contribution in [0.5, 0.6) is 0 Å². The Balaban J connectivity index is 1.79. The van der Waals surface area contributed by atoms with Gasteiger partial charge in [0.2, 0.25) is 10.1 Å². The van der Waals surface area contributed by atoms with Crippen LogP contribution in [0.2, 0.25) is 0 Å². The number of rotatable bonds is 5. The number of aryl methyl sites for hydroxylation is 3. The fourth-order valence-electron chi connectivity index (χ4n) is 2.76. The second-order valence-corrected chi connectivity index (χ2v) is 7.18. The topological polar surface area (TPSA) is 59.3 Å². The molecule has 0 spiro atoms. The van der Waals surface area contributed by atoms with E-state index in [-0.39, 0.29) is 11.6 Å². The standard InChI is InChI=1S/C18H22N4OS/c1-5-15-10-16(23)22-18(20-15)24-17(21-22)19-13(4)9-14-7-6-11(2)8-12(14)3/h6-8,10,13H,5,9H2,1-4H3,(H,19,21). The molecule has 1 aromatic carbocycles. The van der Waals surface area contributed by atoms with E-state index in [1.165, 1.54) is 32.5 Å². The van der Waals surface area contributed by atoms with Crippen molar-refractivity contribution in [3.8, 4) is 0 Å². The van der Waals surface area contributed by atoms with E-state index in [9.17, 15) is 4.79 Å². The van der Waals surface area contributed by atoms with Crippen LogP contribution in [0, 0.1) is 13.8 Å². The van der Waals surface area contributed by atoms with Gasteiger partial charge in [0.1, 0.15) is 0 Å². The zero-order valence-corrected chi connectivity index (χ0v) is 15.3. The average molecular weight is 342 g/mol. The molecule has 0 saturated carbocycles. The van der Waals surface area contributed by atoms with Crippen molar-refractivity contribution in [1.29, 1.82) is 0 Å². The first-order chi connectivity index (χ1) is 11.5. The SMILES string of the molecule is CCc1cc(=O)n2nc(NC(C)Cc3ccc(C)cc3C)sc2n1. The Morgan fingerprint density at radius 2 is 2.08 bits per heavy atom. The molecule has 1 N–H and O–H groups in total. The van der Waals surface area contributed by atoms with Gasteiger partial charge in [-0.1, -0.05) is 42.0 Å². The number of hydrogen-bond donors (Lipinski definition) is 1. The van der Waals surface area contributed by atoms with Crippen molar-refractivity contribution < 1.29 is 0 Å². The van der Waals surface area contributed by atoms with Gasteiger partial charge in [0.25, 0.3) is 5.56 Å². The highest BCUT2D eigenvalue weighted by molar-refractivity contribution is 7.20. The number of hydrogen-bond acceptors (Lipinski definition) is 5. The zero-order chi connectivity index (χ0) is 17.3. The molecule has 0 aliphatic rings. The lowest BCUT2D eigenvalue weighted by molar-refractivity contribution is 0.774. The first kappa shape index (κ1) is 16.6. The van der Waals surface area contributed by atoms with E-state index in [2.05, 4.69) is 54.4 Å². The lowest BCUT2D eigenvalue weighted by atomic mass is 10.00. The Morgan fingerprint density at radius 3 is 2.79 bits per heavy atom. The van der Waals surface area contributed by atoms with Crippen LogP contribution < -0.4 is 10.9 Å². The Labute approximate surface area is 145 Å². The Morgan fingerprint density at radius 1 is 1.29 bits per heavy atom. The largest absolute Gasteiger partial charge is 0.357 e. The maximum atomic E-state index is 12.1. The van der Waals surface area contributed by atoms with Crippen molar-refractivity contribution in [2.45, 2.75) is 46.6 Å². The summed E-state index contributed by atoms with van der Waals surface area (Å²) in [5.74, 6) is 0. The molecule has 1 atom stereocenters. The Kier molecular flexibility index (Phi) is 4.66. The van der Waals surface area contributed by atoms with Crippen molar-refractivity contribution in [3.05, 3.63) is 57.0 Å². The van der Waals surface area contributed by atoms with Gasteiger partial charge in [0, 0.05) is 17.8 Å². The van der Waals surface area contributed by atoms with Gasteiger partial charge >= 0.3 is 0 Å². The van der Waals surface area contributed by atoms with Crippen LogP contribution >= 0.6 is 11.3 Å². The van der Waals surface area contributed by atoms with Crippen LogP contribution in [0.4, 0.5) is 5.13 Å². The molecule has 0 fully saturated rings. The number of benzene rings is 1. The molecule has 0 aliphatic heterocycles. The summed E-state index contributed by atoms with van der Waals surface area (Å²) in [6.07, 6.45) is 1.65. The summed E-state index contributed by atoms with van der Waals surface area (Å²) in [7, 11) is 0. The van der Waals surface area contributed by atoms with Crippen LogP contribution in [0.3, 0.4) is 0 Å². The highest BCUT2D eigenvalue weighted by Crippen LogP contribution is 2.19. The van der Waals surface area contributed by atoms with E-state index in [1.807, 2.05) is 6.92 Å². The second kappa shape index (κ2) is 6.73. The van der Waals surface area contributed by atoms with Crippen molar-refractivity contribution in [2.75, 3.05) is 5.32 Å². The maximum absolute atomic E-state index is 12.1. The summed E-state index contributed by atoms with van der Waals surface area (Å²) in [6, 6.07) is 8.29. The van der Waals surface area contributed by atoms with E-state index in [0.29, 0.717) is 4.96 Å². The van der Waals surface area contributed by atoms with E-state index in [1.54, 1.807) is 6.07 Å². The molecule has 0 radical (unpaired) electrons. The molecular weight excluding hydrogens is 320 g/mol. The summed E-state index contributed by atoms with van der Waals surface area (Å²) >= 11 is 1.42. The van der Waals surface area contributed by atoms with Gasteiger partial charge in [-0.05, 0) is 44.7 Å². The molecule has 126 valence electrons. The quantitative estimate of drug-likeness (QED) is 0.772. The lowest BCUT2D eigenvalue weighted by Gasteiger charge is -2.14. The molecule has 1 unspecified atom stereocenters. The van der Waals surface area contributed by atoms with Crippen molar-refractivity contribution >= 4 is 21.4 Å². The molecule has 2 aromatic heterocycles. The van der Waals surface area contributed by atoms with Crippen LogP contribution in [0.1, 0.15) is 36.2 Å². The number of nitrogens with zero attached hydrogens (tertiary/aromatic N) is 3. The summed E-state index contributed by atoms with van der Waals surface area (Å²) in [4.78, 5) is 17.2. The van der Waals surface area contributed by atoms with Crippen LogP contribution in [-0.2, 0) is 12.8 Å². The Bertz CT molecular complexity index is 928. The molecule has 6 heteroatoms. The molecule has 3 rings (SSSR count). The normalized spacial score (nSPS) is 12.5. The Hall–Kier alpha value is -2.21. The van der Waals surface area contributed by atoms with Crippen molar-refractivity contribution in [1.82, 2.24) is 14.6 Å². The van der Waals surface area contributed by atoms with Gasteiger partial charge in [-0.2, -0.15) is 4.52 Å². The molecule has 24 heavy (non-hydrogen) atoms. The van der Waals surface area contributed by atoms with Gasteiger partial charge in [0.15, 0.2) is 0 Å². The van der Waals surface area contributed by atoms with Gasteiger partial charge in [-0.15, -0.1) is 5.10 Å². The fraction of sp³-hybridized carbons (Fsp3) is 0.389. The summed E-state index contributed by atoms with van der Waals surface area (Å²) in [5.41, 5.74) is 4.59. The first-order valence-electron chi connectivity index (χ1n) is 8.18. The van der Waals surface area contributed by atoms with Crippen LogP contribution in [-0.4, -0.2) is 20.6 Å².